The summed E-state index contributed by atoms with van der Waals surface area (Å²) in [6.45, 7) is 1.64. The molecule has 0 aromatic heterocycles. The fourth-order valence-electron chi connectivity index (χ4n) is 2.39. The number of benzene rings is 1. The molecule has 140 valence electrons. The third-order valence-electron chi connectivity index (χ3n) is 3.76. The molecule has 26 heavy (non-hydrogen) atoms. The largest absolute Gasteiger partial charge is 0.453 e. The van der Waals surface area contributed by atoms with Crippen molar-refractivity contribution in [2.45, 2.75) is 25.9 Å². The monoisotopic (exact) mass is 381 g/mol. The highest BCUT2D eigenvalue weighted by atomic mass is 35.5. The van der Waals surface area contributed by atoms with Crippen LogP contribution in [0.2, 0.25) is 5.02 Å². The number of imide groups is 1. The molecule has 1 atom stereocenters. The number of anilines is 1. The number of rotatable bonds is 7. The Labute approximate surface area is 156 Å². The van der Waals surface area contributed by atoms with Crippen LogP contribution in [0.25, 0.3) is 0 Å². The minimum atomic E-state index is -0.984. The van der Waals surface area contributed by atoms with Crippen LogP contribution in [0.15, 0.2) is 24.3 Å². The number of nitrogens with one attached hydrogen (secondary N) is 1. The molecule has 1 fully saturated rings. The highest BCUT2D eigenvalue weighted by molar-refractivity contribution is 6.30. The van der Waals surface area contributed by atoms with Crippen LogP contribution in [0.3, 0.4) is 0 Å². The molecule has 1 heterocycles. The van der Waals surface area contributed by atoms with E-state index >= 15 is 0 Å². The van der Waals surface area contributed by atoms with Crippen LogP contribution in [0.1, 0.15) is 19.8 Å². The lowest BCUT2D eigenvalue weighted by molar-refractivity contribution is -0.153. The van der Waals surface area contributed by atoms with Gasteiger partial charge < -0.3 is 15.0 Å². The third-order valence-corrected chi connectivity index (χ3v) is 4.00. The molecule has 1 aromatic rings. The van der Waals surface area contributed by atoms with Gasteiger partial charge in [0.05, 0.1) is 0 Å². The fraction of sp³-hybridized carbons (Fsp3) is 0.412. The Morgan fingerprint density at radius 2 is 2.08 bits per heavy atom. The van der Waals surface area contributed by atoms with E-state index in [0.717, 1.165) is 4.90 Å². The number of ether oxygens (including phenoxy) is 1. The third kappa shape index (κ3) is 5.19. The van der Waals surface area contributed by atoms with Crippen molar-refractivity contribution >= 4 is 41.1 Å². The van der Waals surface area contributed by atoms with Gasteiger partial charge in [0.25, 0.3) is 5.91 Å². The quantitative estimate of drug-likeness (QED) is 0.574. The fourth-order valence-corrected chi connectivity index (χ4v) is 2.58. The summed E-state index contributed by atoms with van der Waals surface area (Å²) in [7, 11) is 1.54. The number of urea groups is 1. The highest BCUT2D eigenvalue weighted by Gasteiger charge is 2.33. The van der Waals surface area contributed by atoms with Crippen molar-refractivity contribution in [2.24, 2.45) is 0 Å². The van der Waals surface area contributed by atoms with Crippen molar-refractivity contribution in [3.63, 3.8) is 0 Å². The van der Waals surface area contributed by atoms with Gasteiger partial charge in [0.15, 0.2) is 6.10 Å². The minimum absolute atomic E-state index is 0.00441. The maximum atomic E-state index is 12.0. The highest BCUT2D eigenvalue weighted by Crippen LogP contribution is 2.15. The summed E-state index contributed by atoms with van der Waals surface area (Å²) >= 11 is 5.84. The number of nitrogens with zero attached hydrogens (tertiary/aromatic N) is 2. The molecule has 0 aliphatic carbocycles. The van der Waals surface area contributed by atoms with Gasteiger partial charge in [-0.3, -0.25) is 19.3 Å². The summed E-state index contributed by atoms with van der Waals surface area (Å²) < 4.78 is 5.07. The lowest BCUT2D eigenvalue weighted by atomic mass is 10.2. The van der Waals surface area contributed by atoms with E-state index in [-0.39, 0.29) is 37.9 Å². The van der Waals surface area contributed by atoms with E-state index in [1.807, 2.05) is 0 Å². The van der Waals surface area contributed by atoms with E-state index in [1.165, 1.54) is 18.9 Å². The van der Waals surface area contributed by atoms with Gasteiger partial charge in [-0.2, -0.15) is 0 Å². The summed E-state index contributed by atoms with van der Waals surface area (Å²) in [6.07, 6.45) is -0.717. The van der Waals surface area contributed by atoms with E-state index in [4.69, 9.17) is 16.3 Å². The van der Waals surface area contributed by atoms with E-state index in [0.29, 0.717) is 10.7 Å². The van der Waals surface area contributed by atoms with Crippen molar-refractivity contribution in [3.8, 4) is 0 Å². The van der Waals surface area contributed by atoms with Crippen LogP contribution < -0.4 is 5.32 Å². The number of carbonyl (C=O) groups is 4. The molecule has 8 nitrogen and oxygen atoms in total. The van der Waals surface area contributed by atoms with Gasteiger partial charge in [0, 0.05) is 30.7 Å². The number of hydrogen-bond acceptors (Lipinski definition) is 5. The number of halogens is 1. The first-order valence-corrected chi connectivity index (χ1v) is 8.47. The predicted molar refractivity (Wildman–Crippen MR) is 94.6 cm³/mol. The molecule has 2 rings (SSSR count). The summed E-state index contributed by atoms with van der Waals surface area (Å²) in [6, 6.07) is 6.23. The molecule has 1 aromatic carbocycles. The SMILES string of the molecule is C[C@@H](OC(=O)CCCN1C(=O)CN(C)C1=O)C(=O)Nc1cccc(Cl)c1. The zero-order valence-electron chi connectivity index (χ0n) is 14.5. The van der Waals surface area contributed by atoms with E-state index < -0.39 is 18.0 Å². The lowest BCUT2D eigenvalue weighted by Gasteiger charge is -2.15. The van der Waals surface area contributed by atoms with Gasteiger partial charge in [-0.05, 0) is 31.5 Å². The molecule has 0 saturated carbocycles. The predicted octanol–water partition coefficient (Wildman–Crippen LogP) is 1.88. The van der Waals surface area contributed by atoms with Crippen LogP contribution >= 0.6 is 11.6 Å². The molecular formula is C17H20ClN3O5. The maximum absolute atomic E-state index is 12.0. The van der Waals surface area contributed by atoms with Crippen molar-refractivity contribution in [1.82, 2.24) is 9.80 Å². The number of amides is 4. The molecule has 1 N–H and O–H groups in total. The number of esters is 1. The van der Waals surface area contributed by atoms with E-state index in [2.05, 4.69) is 5.32 Å². The molecule has 0 bridgehead atoms. The average molecular weight is 382 g/mol. The minimum Gasteiger partial charge on any atom is -0.453 e. The van der Waals surface area contributed by atoms with Crippen molar-refractivity contribution < 1.29 is 23.9 Å². The second kappa shape index (κ2) is 8.66. The normalized spacial score (nSPS) is 15.2. The zero-order chi connectivity index (χ0) is 19.3. The van der Waals surface area contributed by atoms with Crippen LogP contribution in [-0.2, 0) is 19.1 Å². The molecule has 0 radical (unpaired) electrons. The number of hydrogen-bond donors (Lipinski definition) is 1. The molecule has 9 heteroatoms. The Bertz CT molecular complexity index is 724. The molecule has 4 amide bonds. The first kappa shape index (κ1) is 19.7. The van der Waals surface area contributed by atoms with Gasteiger partial charge in [-0.25, -0.2) is 4.79 Å². The second-order valence-corrected chi connectivity index (χ2v) is 6.36. The zero-order valence-corrected chi connectivity index (χ0v) is 15.3. The molecule has 1 aliphatic heterocycles. The first-order valence-electron chi connectivity index (χ1n) is 8.09. The molecule has 1 aliphatic rings. The Morgan fingerprint density at radius 1 is 1.35 bits per heavy atom. The molecule has 0 spiro atoms. The van der Waals surface area contributed by atoms with Crippen LogP contribution in [0, 0.1) is 0 Å². The average Bonchev–Trinajstić information content (AvgIpc) is 2.80. The molecule has 0 unspecified atom stereocenters. The van der Waals surface area contributed by atoms with Crippen molar-refractivity contribution in [3.05, 3.63) is 29.3 Å². The summed E-state index contributed by atoms with van der Waals surface area (Å²) in [5.41, 5.74) is 0.501. The smallest absolute Gasteiger partial charge is 0.326 e. The Kier molecular flexibility index (Phi) is 6.57. The van der Waals surface area contributed by atoms with Crippen LogP contribution in [-0.4, -0.2) is 59.9 Å². The van der Waals surface area contributed by atoms with Crippen LogP contribution in [0.4, 0.5) is 10.5 Å². The Morgan fingerprint density at radius 3 is 2.69 bits per heavy atom. The maximum Gasteiger partial charge on any atom is 0.326 e. The Balaban J connectivity index is 1.74. The summed E-state index contributed by atoms with van der Waals surface area (Å²) in [5.74, 6) is -1.35. The first-order chi connectivity index (χ1) is 12.3. The summed E-state index contributed by atoms with van der Waals surface area (Å²) in [5, 5.41) is 3.08. The number of carbonyl (C=O) groups excluding carboxylic acids is 4. The van der Waals surface area contributed by atoms with Gasteiger partial charge in [-0.1, -0.05) is 17.7 Å². The number of likely N-dealkylation sites (N-methyl/N-ethyl adjacent to an activating group) is 1. The van der Waals surface area contributed by atoms with Gasteiger partial charge in [0.1, 0.15) is 6.54 Å². The second-order valence-electron chi connectivity index (χ2n) is 5.92. The van der Waals surface area contributed by atoms with Crippen LogP contribution in [0.5, 0.6) is 0 Å². The van der Waals surface area contributed by atoms with Crippen molar-refractivity contribution in [1.29, 1.82) is 0 Å². The van der Waals surface area contributed by atoms with E-state index in [1.54, 1.807) is 24.3 Å². The molecular weight excluding hydrogens is 362 g/mol. The standard InChI is InChI=1S/C17H20ClN3O5/c1-11(16(24)19-13-6-3-5-12(18)9-13)26-15(23)7-4-8-21-14(22)10-20(2)17(21)25/h3,5-6,9,11H,4,7-8,10H2,1-2H3,(H,19,24)/t11-/m1/s1. The summed E-state index contributed by atoms with van der Waals surface area (Å²) in [4.78, 5) is 49.6. The Hall–Kier alpha value is -2.61. The van der Waals surface area contributed by atoms with Gasteiger partial charge in [0.2, 0.25) is 5.91 Å². The van der Waals surface area contributed by atoms with E-state index in [9.17, 15) is 19.2 Å². The topological polar surface area (TPSA) is 96.0 Å². The molecule has 1 saturated heterocycles. The van der Waals surface area contributed by atoms with Crippen molar-refractivity contribution in [2.75, 3.05) is 25.5 Å². The lowest BCUT2D eigenvalue weighted by Crippen LogP contribution is -2.33. The van der Waals surface area contributed by atoms with Gasteiger partial charge >= 0.3 is 12.0 Å². The van der Waals surface area contributed by atoms with Gasteiger partial charge in [-0.15, -0.1) is 0 Å².